The van der Waals surface area contributed by atoms with E-state index in [0.29, 0.717) is 0 Å². The molecule has 4 amide bonds. The third-order valence-corrected chi connectivity index (χ3v) is 4.52. The highest BCUT2D eigenvalue weighted by molar-refractivity contribution is 6.20. The Hall–Kier alpha value is -4.24. The molecule has 35 heavy (non-hydrogen) atoms. The van der Waals surface area contributed by atoms with Gasteiger partial charge in [0.1, 0.15) is 11.8 Å². The molecule has 0 aromatic carbocycles. The second-order valence-electron chi connectivity index (χ2n) is 6.68. The lowest BCUT2D eigenvalue weighted by Crippen LogP contribution is -2.61. The van der Waals surface area contributed by atoms with Gasteiger partial charge in [0.05, 0.1) is 38.9 Å². The molecule has 0 aromatic rings. The number of hydrazone groups is 2. The number of primary amides is 2. The molecule has 0 aromatic heterocycles. The second kappa shape index (κ2) is 14.1. The van der Waals surface area contributed by atoms with E-state index in [1.54, 1.807) is 0 Å². The molecule has 2 atom stereocenters. The minimum atomic E-state index is -2.90. The lowest BCUT2D eigenvalue weighted by atomic mass is 9.63. The first-order valence-corrected chi connectivity index (χ1v) is 10.1. The first-order chi connectivity index (χ1) is 16.4. The van der Waals surface area contributed by atoms with Crippen molar-refractivity contribution in [3.63, 3.8) is 0 Å². The van der Waals surface area contributed by atoms with Crippen molar-refractivity contribution in [1.29, 1.82) is 0 Å². The van der Waals surface area contributed by atoms with E-state index in [0.717, 1.165) is 28.1 Å². The standard InChI is InChI=1S/C19H30N6O10/c1-7-34-13(26)11(9(3)22-24-17(20)30)19(15(28)32-5,16(29)33-6)12(14(27)35-8-2)10(4)23-25-18(21)31/h11-12H,7-8H2,1-6H3,(H3,20,24,30)(H3,21,25,31)/b22-9+,23-10+. The van der Waals surface area contributed by atoms with Crippen molar-refractivity contribution >= 4 is 47.4 Å². The van der Waals surface area contributed by atoms with Crippen LogP contribution in [0.1, 0.15) is 27.7 Å². The van der Waals surface area contributed by atoms with E-state index in [1.165, 1.54) is 13.8 Å². The molecule has 16 nitrogen and oxygen atoms in total. The number of hydrogen-bond acceptors (Lipinski definition) is 12. The van der Waals surface area contributed by atoms with Crippen molar-refractivity contribution in [2.24, 2.45) is 38.9 Å². The maximum atomic E-state index is 13.3. The molecule has 2 unspecified atom stereocenters. The minimum Gasteiger partial charge on any atom is -0.468 e. The summed E-state index contributed by atoms with van der Waals surface area (Å²) < 4.78 is 19.7. The number of methoxy groups -OCH3 is 2. The van der Waals surface area contributed by atoms with Crippen molar-refractivity contribution in [3.05, 3.63) is 0 Å². The van der Waals surface area contributed by atoms with Crippen molar-refractivity contribution in [2.75, 3.05) is 27.4 Å². The van der Waals surface area contributed by atoms with Crippen molar-refractivity contribution < 1.29 is 47.7 Å². The van der Waals surface area contributed by atoms with Gasteiger partial charge in [-0.05, 0) is 27.7 Å². The molecule has 196 valence electrons. The zero-order valence-electron chi connectivity index (χ0n) is 20.2. The highest BCUT2D eigenvalue weighted by atomic mass is 16.6. The Labute approximate surface area is 200 Å². The number of nitrogens with one attached hydrogen (secondary N) is 2. The molecule has 0 spiro atoms. The average molecular weight is 502 g/mol. The average Bonchev–Trinajstić information content (AvgIpc) is 2.79. The quantitative estimate of drug-likeness (QED) is 0.0813. The molecular formula is C19H30N6O10. The van der Waals surface area contributed by atoms with Gasteiger partial charge in [-0.1, -0.05) is 0 Å². The van der Waals surface area contributed by atoms with E-state index >= 15 is 0 Å². The van der Waals surface area contributed by atoms with Crippen LogP contribution in [0.2, 0.25) is 0 Å². The van der Waals surface area contributed by atoms with E-state index < -0.39 is 64.6 Å². The van der Waals surface area contributed by atoms with Crippen LogP contribution in [0.4, 0.5) is 9.59 Å². The summed E-state index contributed by atoms with van der Waals surface area (Å²) >= 11 is 0. The van der Waals surface area contributed by atoms with Gasteiger partial charge in [-0.15, -0.1) is 0 Å². The third-order valence-electron chi connectivity index (χ3n) is 4.52. The molecule has 0 bridgehead atoms. The highest BCUT2D eigenvalue weighted by Gasteiger charge is 2.67. The monoisotopic (exact) mass is 502 g/mol. The van der Waals surface area contributed by atoms with Crippen LogP contribution in [0, 0.1) is 17.3 Å². The van der Waals surface area contributed by atoms with Crippen LogP contribution in [-0.2, 0) is 38.1 Å². The summed E-state index contributed by atoms with van der Waals surface area (Å²) in [5, 5.41) is 7.28. The number of nitrogens with zero attached hydrogens (tertiary/aromatic N) is 2. The number of esters is 4. The molecule has 0 fully saturated rings. The normalized spacial score (nSPS) is 13.5. The van der Waals surface area contributed by atoms with Crippen molar-refractivity contribution in [1.82, 2.24) is 10.9 Å². The number of nitrogens with two attached hydrogens (primary N) is 2. The Bertz CT molecular complexity index is 829. The number of urea groups is 2. The van der Waals surface area contributed by atoms with E-state index in [1.807, 2.05) is 10.9 Å². The number of amides is 4. The van der Waals surface area contributed by atoms with Crippen LogP contribution in [-0.4, -0.2) is 74.8 Å². The maximum absolute atomic E-state index is 13.3. The number of ether oxygens (including phenoxy) is 4. The van der Waals surface area contributed by atoms with Gasteiger partial charge in [-0.25, -0.2) is 20.4 Å². The molecule has 0 heterocycles. The molecule has 0 aliphatic heterocycles. The summed E-state index contributed by atoms with van der Waals surface area (Å²) in [7, 11) is 1.76. The highest BCUT2D eigenvalue weighted by Crippen LogP contribution is 2.42. The predicted octanol–water partition coefficient (Wildman–Crippen LogP) is -1.23. The van der Waals surface area contributed by atoms with Gasteiger partial charge in [0.25, 0.3) is 0 Å². The van der Waals surface area contributed by atoms with E-state index in [2.05, 4.69) is 10.2 Å². The molecule has 16 heteroatoms. The van der Waals surface area contributed by atoms with E-state index in [9.17, 15) is 28.8 Å². The van der Waals surface area contributed by atoms with Crippen molar-refractivity contribution in [2.45, 2.75) is 27.7 Å². The van der Waals surface area contributed by atoms with E-state index in [-0.39, 0.29) is 13.2 Å². The zero-order valence-corrected chi connectivity index (χ0v) is 20.2. The molecule has 6 N–H and O–H groups in total. The van der Waals surface area contributed by atoms with Crippen LogP contribution in [0.25, 0.3) is 0 Å². The summed E-state index contributed by atoms with van der Waals surface area (Å²) in [6, 6.07) is -2.28. The van der Waals surface area contributed by atoms with Gasteiger partial charge in [0, 0.05) is 0 Å². The number of hydrogen-bond donors (Lipinski definition) is 4. The Morgan fingerprint density at radius 3 is 1.29 bits per heavy atom. The summed E-state index contributed by atoms with van der Waals surface area (Å²) in [5.41, 5.74) is 10.1. The maximum Gasteiger partial charge on any atom is 0.332 e. The Balaban J connectivity index is 7.72. The van der Waals surface area contributed by atoms with Gasteiger partial charge in [0.2, 0.25) is 5.41 Å². The van der Waals surface area contributed by atoms with Crippen LogP contribution >= 0.6 is 0 Å². The first-order valence-electron chi connectivity index (χ1n) is 10.1. The molecule has 0 aliphatic rings. The van der Waals surface area contributed by atoms with Crippen LogP contribution < -0.4 is 22.3 Å². The fourth-order valence-electron chi connectivity index (χ4n) is 3.30. The molecular weight excluding hydrogens is 472 g/mol. The zero-order chi connectivity index (χ0) is 27.3. The van der Waals surface area contributed by atoms with Gasteiger partial charge < -0.3 is 30.4 Å². The topological polar surface area (TPSA) is 240 Å². The van der Waals surface area contributed by atoms with Gasteiger partial charge in [0.15, 0.2) is 0 Å². The summed E-state index contributed by atoms with van der Waals surface area (Å²) in [4.78, 5) is 75.4. The largest absolute Gasteiger partial charge is 0.468 e. The lowest BCUT2D eigenvalue weighted by Gasteiger charge is -2.38. The Morgan fingerprint density at radius 2 is 1.06 bits per heavy atom. The van der Waals surface area contributed by atoms with Crippen molar-refractivity contribution in [3.8, 4) is 0 Å². The van der Waals surface area contributed by atoms with Crippen LogP contribution in [0.5, 0.6) is 0 Å². The summed E-state index contributed by atoms with van der Waals surface area (Å²) in [6.07, 6.45) is 0. The lowest BCUT2D eigenvalue weighted by molar-refractivity contribution is -0.185. The van der Waals surface area contributed by atoms with Gasteiger partial charge >= 0.3 is 35.9 Å². The third kappa shape index (κ3) is 7.38. The van der Waals surface area contributed by atoms with Crippen LogP contribution in [0.3, 0.4) is 0 Å². The van der Waals surface area contributed by atoms with Gasteiger partial charge in [-0.3, -0.25) is 19.2 Å². The fourth-order valence-corrected chi connectivity index (χ4v) is 3.30. The smallest absolute Gasteiger partial charge is 0.332 e. The first kappa shape index (κ1) is 30.8. The molecule has 0 aliphatic carbocycles. The molecule has 0 saturated heterocycles. The summed E-state index contributed by atoms with van der Waals surface area (Å²) in [5.74, 6) is -9.41. The van der Waals surface area contributed by atoms with Gasteiger partial charge in [-0.2, -0.15) is 10.2 Å². The molecule has 0 rings (SSSR count). The number of carbonyl (C=O) groups is 6. The predicted molar refractivity (Wildman–Crippen MR) is 118 cm³/mol. The molecule has 0 radical (unpaired) electrons. The number of rotatable bonds is 12. The second-order valence-corrected chi connectivity index (χ2v) is 6.68. The summed E-state index contributed by atoms with van der Waals surface area (Å²) in [6.45, 7) is 4.74. The molecule has 0 saturated carbocycles. The Morgan fingerprint density at radius 1 is 0.743 bits per heavy atom. The SMILES string of the molecule is CCOC(=O)C(/C(C)=N/NC(N)=O)C(C(=O)OC)(C(=O)OC)C(C(=O)OCC)/C(C)=N/NC(N)=O. The number of carbonyl (C=O) groups excluding carboxylic acids is 6. The minimum absolute atomic E-state index is 0.218. The van der Waals surface area contributed by atoms with E-state index in [4.69, 9.17) is 30.4 Å². The Kier molecular flexibility index (Phi) is 12.4. The van der Waals surface area contributed by atoms with Crippen LogP contribution in [0.15, 0.2) is 10.2 Å². The fraction of sp³-hybridized carbons (Fsp3) is 0.579.